The zero-order chi connectivity index (χ0) is 8.97. The molecule has 1 rings (SSSR count). The topological polar surface area (TPSA) is 52.1 Å². The van der Waals surface area contributed by atoms with Gasteiger partial charge in [-0.05, 0) is 11.6 Å². The second kappa shape index (κ2) is 4.01. The van der Waals surface area contributed by atoms with Crippen molar-refractivity contribution in [3.05, 3.63) is 23.2 Å². The van der Waals surface area contributed by atoms with E-state index in [1.54, 1.807) is 0 Å². The van der Waals surface area contributed by atoms with Crippen LogP contribution in [0.2, 0.25) is 5.28 Å². The van der Waals surface area contributed by atoms with Crippen molar-refractivity contribution in [2.75, 3.05) is 0 Å². The van der Waals surface area contributed by atoms with Gasteiger partial charge in [-0.1, -0.05) is 0 Å². The highest BCUT2D eigenvalue weighted by Gasteiger charge is 1.97. The molecule has 0 aliphatic rings. The molecule has 0 amide bonds. The van der Waals surface area contributed by atoms with E-state index < -0.39 is 0 Å². The molecule has 0 fully saturated rings. The second-order valence-electron chi connectivity index (χ2n) is 2.14. The van der Waals surface area contributed by atoms with E-state index in [0.29, 0.717) is 0 Å². The van der Waals surface area contributed by atoms with E-state index in [0.717, 1.165) is 5.56 Å². The van der Waals surface area contributed by atoms with Gasteiger partial charge in [0.25, 0.3) is 0 Å². The van der Waals surface area contributed by atoms with E-state index in [1.807, 2.05) is 0 Å². The van der Waals surface area contributed by atoms with E-state index in [4.69, 9.17) is 16.3 Å². The smallest absolute Gasteiger partial charge is 0.302 e. The molecule has 0 atom stereocenters. The lowest BCUT2D eigenvalue weighted by atomic mass is 10.4. The molecule has 0 saturated heterocycles. The van der Waals surface area contributed by atoms with Gasteiger partial charge >= 0.3 is 5.97 Å². The van der Waals surface area contributed by atoms with Gasteiger partial charge in [-0.3, -0.25) is 4.79 Å². The summed E-state index contributed by atoms with van der Waals surface area (Å²) in [6, 6.07) is 0. The minimum absolute atomic E-state index is 0.182. The molecule has 0 spiro atoms. The number of halogens is 1. The molecule has 12 heavy (non-hydrogen) atoms. The van der Waals surface area contributed by atoms with Crippen molar-refractivity contribution in [1.82, 2.24) is 9.97 Å². The highest BCUT2D eigenvalue weighted by molar-refractivity contribution is 6.28. The van der Waals surface area contributed by atoms with E-state index >= 15 is 0 Å². The molecule has 4 nitrogen and oxygen atoms in total. The molecule has 1 aromatic heterocycles. The van der Waals surface area contributed by atoms with Gasteiger partial charge in [0.05, 0.1) is 0 Å². The molecule has 64 valence electrons. The van der Waals surface area contributed by atoms with Crippen LogP contribution < -0.4 is 0 Å². The van der Waals surface area contributed by atoms with Crippen LogP contribution in [0.5, 0.6) is 0 Å². The van der Waals surface area contributed by atoms with Crippen LogP contribution in [0, 0.1) is 0 Å². The third-order valence-electron chi connectivity index (χ3n) is 1.12. The molecular formula is C7H7ClN2O2. The molecule has 0 radical (unpaired) electrons. The number of hydrogen-bond donors (Lipinski definition) is 0. The summed E-state index contributed by atoms with van der Waals surface area (Å²) < 4.78 is 4.71. The number of carbonyl (C=O) groups excluding carboxylic acids is 1. The SMILES string of the molecule is CC(=O)OCc1cnc(Cl)nc1. The summed E-state index contributed by atoms with van der Waals surface area (Å²) >= 11 is 5.44. The Labute approximate surface area is 74.5 Å². The summed E-state index contributed by atoms with van der Waals surface area (Å²) in [5.41, 5.74) is 0.717. The van der Waals surface area contributed by atoms with E-state index in [2.05, 4.69) is 9.97 Å². The van der Waals surface area contributed by atoms with Crippen molar-refractivity contribution in [1.29, 1.82) is 0 Å². The van der Waals surface area contributed by atoms with Gasteiger partial charge in [0, 0.05) is 24.9 Å². The Hall–Kier alpha value is -1.16. The highest BCUT2D eigenvalue weighted by atomic mass is 35.5. The maximum absolute atomic E-state index is 10.4. The standard InChI is InChI=1S/C7H7ClN2O2/c1-5(11)12-4-6-2-9-7(8)10-3-6/h2-3H,4H2,1H3. The third kappa shape index (κ3) is 2.84. The van der Waals surface area contributed by atoms with Crippen molar-refractivity contribution in [3.63, 3.8) is 0 Å². The van der Waals surface area contributed by atoms with Crippen LogP contribution in [0.1, 0.15) is 12.5 Å². The summed E-state index contributed by atoms with van der Waals surface area (Å²) in [5, 5.41) is 0.182. The Bertz CT molecular complexity index is 273. The van der Waals surface area contributed by atoms with Crippen molar-refractivity contribution in [3.8, 4) is 0 Å². The first-order valence-corrected chi connectivity index (χ1v) is 3.66. The van der Waals surface area contributed by atoms with Gasteiger partial charge in [-0.2, -0.15) is 0 Å². The van der Waals surface area contributed by atoms with Crippen LogP contribution in [0.4, 0.5) is 0 Å². The largest absolute Gasteiger partial charge is 0.461 e. The fourth-order valence-electron chi connectivity index (χ4n) is 0.599. The third-order valence-corrected chi connectivity index (χ3v) is 1.31. The van der Waals surface area contributed by atoms with E-state index in [1.165, 1.54) is 19.3 Å². The fraction of sp³-hybridized carbons (Fsp3) is 0.286. The first-order valence-electron chi connectivity index (χ1n) is 3.28. The maximum atomic E-state index is 10.4. The predicted molar refractivity (Wildman–Crippen MR) is 42.5 cm³/mol. The van der Waals surface area contributed by atoms with Crippen LogP contribution >= 0.6 is 11.6 Å². The van der Waals surface area contributed by atoms with E-state index in [-0.39, 0.29) is 17.9 Å². The van der Waals surface area contributed by atoms with Gasteiger partial charge in [0.2, 0.25) is 5.28 Å². The first-order chi connectivity index (χ1) is 5.68. The summed E-state index contributed by atoms with van der Waals surface area (Å²) in [5.74, 6) is -0.329. The minimum Gasteiger partial charge on any atom is -0.461 e. The average Bonchev–Trinajstić information content (AvgIpc) is 2.03. The van der Waals surface area contributed by atoms with Gasteiger partial charge in [-0.25, -0.2) is 9.97 Å². The number of rotatable bonds is 2. The predicted octanol–water partition coefficient (Wildman–Crippen LogP) is 1.19. The molecular weight excluding hydrogens is 180 g/mol. The number of carbonyl (C=O) groups is 1. The Morgan fingerprint density at radius 1 is 1.58 bits per heavy atom. The summed E-state index contributed by atoms with van der Waals surface area (Å²) in [4.78, 5) is 17.8. The lowest BCUT2D eigenvalue weighted by Gasteiger charge is -1.99. The quantitative estimate of drug-likeness (QED) is 0.514. The maximum Gasteiger partial charge on any atom is 0.302 e. The fourth-order valence-corrected chi connectivity index (χ4v) is 0.696. The Kier molecular flexibility index (Phi) is 2.99. The molecule has 0 N–H and O–H groups in total. The van der Waals surface area contributed by atoms with Crippen LogP contribution in [-0.4, -0.2) is 15.9 Å². The molecule has 0 unspecified atom stereocenters. The molecule has 5 heteroatoms. The Balaban J connectivity index is 2.53. The van der Waals surface area contributed by atoms with Gasteiger partial charge in [-0.15, -0.1) is 0 Å². The number of esters is 1. The molecule has 1 heterocycles. The van der Waals surface area contributed by atoms with Crippen molar-refractivity contribution in [2.45, 2.75) is 13.5 Å². The molecule has 0 aliphatic carbocycles. The monoisotopic (exact) mass is 186 g/mol. The van der Waals surface area contributed by atoms with E-state index in [9.17, 15) is 4.79 Å². The second-order valence-corrected chi connectivity index (χ2v) is 2.48. The number of hydrogen-bond acceptors (Lipinski definition) is 4. The molecule has 0 bridgehead atoms. The lowest BCUT2D eigenvalue weighted by molar-refractivity contribution is -0.142. The molecule has 1 aromatic rings. The average molecular weight is 187 g/mol. The number of aromatic nitrogens is 2. The van der Waals surface area contributed by atoms with Crippen LogP contribution in [-0.2, 0) is 16.1 Å². The summed E-state index contributed by atoms with van der Waals surface area (Å²) in [7, 11) is 0. The minimum atomic E-state index is -0.329. The number of ether oxygens (including phenoxy) is 1. The lowest BCUT2D eigenvalue weighted by Crippen LogP contribution is -1.99. The zero-order valence-corrected chi connectivity index (χ0v) is 7.21. The zero-order valence-electron chi connectivity index (χ0n) is 6.45. The summed E-state index contributed by atoms with van der Waals surface area (Å²) in [6.45, 7) is 1.53. The van der Waals surface area contributed by atoms with Gasteiger partial charge in [0.15, 0.2) is 0 Å². The Morgan fingerprint density at radius 2 is 2.17 bits per heavy atom. The van der Waals surface area contributed by atoms with Crippen molar-refractivity contribution < 1.29 is 9.53 Å². The van der Waals surface area contributed by atoms with Crippen molar-refractivity contribution >= 4 is 17.6 Å². The number of nitrogens with zero attached hydrogens (tertiary/aromatic N) is 2. The van der Waals surface area contributed by atoms with Gasteiger partial charge < -0.3 is 4.74 Å². The van der Waals surface area contributed by atoms with Crippen LogP contribution in [0.15, 0.2) is 12.4 Å². The molecule has 0 saturated carbocycles. The molecule has 0 aromatic carbocycles. The molecule has 0 aliphatic heterocycles. The summed E-state index contributed by atoms with van der Waals surface area (Å²) in [6.07, 6.45) is 3.02. The van der Waals surface area contributed by atoms with Crippen molar-refractivity contribution in [2.24, 2.45) is 0 Å². The van der Waals surface area contributed by atoms with Crippen LogP contribution in [0.3, 0.4) is 0 Å². The van der Waals surface area contributed by atoms with Gasteiger partial charge in [0.1, 0.15) is 6.61 Å². The normalized spacial score (nSPS) is 9.50. The van der Waals surface area contributed by atoms with Crippen LogP contribution in [0.25, 0.3) is 0 Å². The highest BCUT2D eigenvalue weighted by Crippen LogP contribution is 2.01. The Morgan fingerprint density at radius 3 is 2.67 bits per heavy atom. The first kappa shape index (κ1) is 8.93.